The summed E-state index contributed by atoms with van der Waals surface area (Å²) in [4.78, 5) is 12.5. The molecule has 1 amide bonds. The molecule has 0 saturated carbocycles. The van der Waals surface area contributed by atoms with E-state index in [9.17, 15) is 13.2 Å². The van der Waals surface area contributed by atoms with Gasteiger partial charge in [-0.25, -0.2) is 13.1 Å². The van der Waals surface area contributed by atoms with Crippen molar-refractivity contribution in [1.29, 1.82) is 0 Å². The van der Waals surface area contributed by atoms with Crippen molar-refractivity contribution in [2.24, 2.45) is 0 Å². The molecule has 1 rings (SSSR count). The summed E-state index contributed by atoms with van der Waals surface area (Å²) in [6.45, 7) is 0.0506. The van der Waals surface area contributed by atoms with E-state index in [1.165, 1.54) is 18.4 Å². The van der Waals surface area contributed by atoms with Gasteiger partial charge >= 0.3 is 0 Å². The predicted octanol–water partition coefficient (Wildman–Crippen LogP) is -0.239. The molecule has 0 saturated heterocycles. The van der Waals surface area contributed by atoms with Crippen LogP contribution in [0.4, 0.5) is 0 Å². The predicted molar refractivity (Wildman–Crippen MR) is 78.1 cm³/mol. The van der Waals surface area contributed by atoms with E-state index in [2.05, 4.69) is 21.9 Å². The Kier molecular flexibility index (Phi) is 6.67. The van der Waals surface area contributed by atoms with Crippen LogP contribution in [0.3, 0.4) is 0 Å². The molecule has 0 unspecified atom stereocenters. The van der Waals surface area contributed by atoms with Crippen LogP contribution in [0.2, 0.25) is 0 Å². The second-order valence-corrected chi connectivity index (χ2v) is 6.71. The first-order valence-electron chi connectivity index (χ1n) is 5.86. The summed E-state index contributed by atoms with van der Waals surface area (Å²) in [5.41, 5.74) is 0.449. The number of carbonyl (C=O) groups is 1. The summed E-state index contributed by atoms with van der Waals surface area (Å²) in [7, 11) is -1.99. The summed E-state index contributed by atoms with van der Waals surface area (Å²) in [6, 6.07) is 1.64. The molecule has 0 fully saturated rings. The molecule has 3 N–H and O–H groups in total. The van der Waals surface area contributed by atoms with Gasteiger partial charge in [-0.05, 0) is 13.1 Å². The van der Waals surface area contributed by atoms with E-state index in [1.54, 1.807) is 11.4 Å². The molecule has 0 spiro atoms. The van der Waals surface area contributed by atoms with Gasteiger partial charge in [0.15, 0.2) is 0 Å². The van der Waals surface area contributed by atoms with E-state index in [0.717, 1.165) is 4.88 Å². The fourth-order valence-corrected chi connectivity index (χ4v) is 2.56. The van der Waals surface area contributed by atoms with Crippen molar-refractivity contribution < 1.29 is 18.3 Å². The topological polar surface area (TPSA) is 95.5 Å². The Bertz CT molecular complexity index is 611. The van der Waals surface area contributed by atoms with Crippen LogP contribution in [0.15, 0.2) is 11.4 Å². The van der Waals surface area contributed by atoms with E-state index in [-0.39, 0.29) is 24.8 Å². The minimum Gasteiger partial charge on any atom is -0.395 e. The maximum absolute atomic E-state index is 11.8. The molecular formula is C12H16N2O4S2. The molecule has 0 aliphatic heterocycles. The van der Waals surface area contributed by atoms with Crippen molar-refractivity contribution in [1.82, 2.24) is 10.0 Å². The molecule has 0 atom stereocenters. The van der Waals surface area contributed by atoms with E-state index < -0.39 is 10.0 Å². The van der Waals surface area contributed by atoms with Crippen LogP contribution in [0, 0.1) is 11.8 Å². The minimum atomic E-state index is -3.32. The number of nitrogens with one attached hydrogen (secondary N) is 2. The van der Waals surface area contributed by atoms with Crippen molar-refractivity contribution in [3.63, 3.8) is 0 Å². The Morgan fingerprint density at radius 3 is 2.90 bits per heavy atom. The molecule has 8 heteroatoms. The van der Waals surface area contributed by atoms with E-state index in [1.807, 2.05) is 0 Å². The van der Waals surface area contributed by atoms with Gasteiger partial charge < -0.3 is 10.4 Å². The van der Waals surface area contributed by atoms with Crippen molar-refractivity contribution in [2.75, 3.05) is 26.0 Å². The SMILES string of the molecule is CNS(=O)(=O)CCNC(=O)c1csc(C#CCCO)c1. The largest absolute Gasteiger partial charge is 0.395 e. The van der Waals surface area contributed by atoms with Crippen LogP contribution in [-0.2, 0) is 10.0 Å². The zero-order valence-corrected chi connectivity index (χ0v) is 12.6. The fraction of sp³-hybridized carbons (Fsp3) is 0.417. The molecule has 1 aromatic rings. The number of aliphatic hydroxyl groups is 1. The lowest BCUT2D eigenvalue weighted by Gasteiger charge is -2.04. The van der Waals surface area contributed by atoms with E-state index in [0.29, 0.717) is 12.0 Å². The Hall–Kier alpha value is -1.40. The van der Waals surface area contributed by atoms with Gasteiger partial charge in [0.1, 0.15) is 0 Å². The molecule has 0 bridgehead atoms. The summed E-state index contributed by atoms with van der Waals surface area (Å²) >= 11 is 1.33. The molecule has 0 aliphatic rings. The van der Waals surface area contributed by atoms with Crippen molar-refractivity contribution >= 4 is 27.3 Å². The number of carbonyl (C=O) groups excluding carboxylic acids is 1. The monoisotopic (exact) mass is 316 g/mol. The Morgan fingerprint density at radius 2 is 2.25 bits per heavy atom. The van der Waals surface area contributed by atoms with Crippen LogP contribution < -0.4 is 10.0 Å². The highest BCUT2D eigenvalue weighted by Gasteiger charge is 2.10. The van der Waals surface area contributed by atoms with Gasteiger partial charge in [-0.2, -0.15) is 0 Å². The number of sulfonamides is 1. The van der Waals surface area contributed by atoms with Gasteiger partial charge in [0.25, 0.3) is 5.91 Å². The standard InChI is InChI=1S/C12H16N2O4S2/c1-13-20(17,18)7-5-14-12(16)10-8-11(19-9-10)4-2-3-6-15/h8-9,13,15H,3,5-7H2,1H3,(H,14,16). The zero-order valence-electron chi connectivity index (χ0n) is 11.0. The highest BCUT2D eigenvalue weighted by Crippen LogP contribution is 2.13. The molecule has 6 nitrogen and oxygen atoms in total. The average Bonchev–Trinajstić information content (AvgIpc) is 2.88. The number of hydrogen-bond acceptors (Lipinski definition) is 5. The number of hydrogen-bond donors (Lipinski definition) is 3. The molecule has 110 valence electrons. The van der Waals surface area contributed by atoms with Crippen LogP contribution in [0.1, 0.15) is 21.7 Å². The highest BCUT2D eigenvalue weighted by atomic mass is 32.2. The first kappa shape index (κ1) is 16.7. The lowest BCUT2D eigenvalue weighted by molar-refractivity contribution is 0.0956. The van der Waals surface area contributed by atoms with Gasteiger partial charge in [0.2, 0.25) is 10.0 Å². The summed E-state index contributed by atoms with van der Waals surface area (Å²) < 4.78 is 24.5. The quantitative estimate of drug-likeness (QED) is 0.631. The van der Waals surface area contributed by atoms with Crippen molar-refractivity contribution in [3.05, 3.63) is 21.9 Å². The molecule has 1 heterocycles. The second-order valence-electron chi connectivity index (χ2n) is 3.75. The molecule has 0 aromatic carbocycles. The van der Waals surface area contributed by atoms with Gasteiger partial charge in [-0.3, -0.25) is 4.79 Å². The first-order valence-corrected chi connectivity index (χ1v) is 8.39. The van der Waals surface area contributed by atoms with Crippen LogP contribution >= 0.6 is 11.3 Å². The number of aliphatic hydroxyl groups excluding tert-OH is 1. The minimum absolute atomic E-state index is 0.00561. The molecular weight excluding hydrogens is 300 g/mol. The van der Waals surface area contributed by atoms with E-state index in [4.69, 9.17) is 5.11 Å². The molecule has 20 heavy (non-hydrogen) atoms. The third kappa shape index (κ3) is 5.71. The lowest BCUT2D eigenvalue weighted by Crippen LogP contribution is -2.32. The fourth-order valence-electron chi connectivity index (χ4n) is 1.23. The Labute approximate surface area is 122 Å². The Balaban J connectivity index is 2.51. The van der Waals surface area contributed by atoms with Gasteiger partial charge in [-0.15, -0.1) is 11.3 Å². The third-order valence-electron chi connectivity index (χ3n) is 2.28. The summed E-state index contributed by atoms with van der Waals surface area (Å²) in [6.07, 6.45) is 0.390. The van der Waals surface area contributed by atoms with E-state index >= 15 is 0 Å². The molecule has 0 radical (unpaired) electrons. The van der Waals surface area contributed by atoms with Crippen molar-refractivity contribution in [3.8, 4) is 11.8 Å². The van der Waals surface area contributed by atoms with Crippen LogP contribution in [-0.4, -0.2) is 45.4 Å². The normalized spacial score (nSPS) is 10.7. The van der Waals surface area contributed by atoms with Crippen LogP contribution in [0.25, 0.3) is 0 Å². The molecule has 1 aromatic heterocycles. The highest BCUT2D eigenvalue weighted by molar-refractivity contribution is 7.89. The summed E-state index contributed by atoms with van der Waals surface area (Å²) in [5, 5.41) is 12.8. The number of thiophene rings is 1. The number of rotatable bonds is 6. The van der Waals surface area contributed by atoms with Crippen LogP contribution in [0.5, 0.6) is 0 Å². The smallest absolute Gasteiger partial charge is 0.252 e. The molecule has 0 aliphatic carbocycles. The number of amides is 1. The Morgan fingerprint density at radius 1 is 1.50 bits per heavy atom. The zero-order chi connectivity index (χ0) is 15.0. The van der Waals surface area contributed by atoms with Gasteiger partial charge in [0.05, 0.1) is 22.8 Å². The van der Waals surface area contributed by atoms with Crippen molar-refractivity contribution in [2.45, 2.75) is 6.42 Å². The maximum Gasteiger partial charge on any atom is 0.252 e. The average molecular weight is 316 g/mol. The lowest BCUT2D eigenvalue weighted by atomic mass is 10.3. The summed E-state index contributed by atoms with van der Waals surface area (Å²) in [5.74, 6) is 5.10. The third-order valence-corrected chi connectivity index (χ3v) is 4.49. The van der Waals surface area contributed by atoms with Gasteiger partial charge in [-0.1, -0.05) is 11.8 Å². The second kappa shape index (κ2) is 8.01. The maximum atomic E-state index is 11.8. The van der Waals surface area contributed by atoms with Gasteiger partial charge in [0, 0.05) is 18.3 Å². The first-order chi connectivity index (χ1) is 9.48.